The van der Waals surface area contributed by atoms with E-state index in [4.69, 9.17) is 18.1 Å². The van der Waals surface area contributed by atoms with Crippen LogP contribution in [-0.2, 0) is 27.2 Å². The quantitative estimate of drug-likeness (QED) is 0.516. The second kappa shape index (κ2) is 8.62. The van der Waals surface area contributed by atoms with E-state index in [0.29, 0.717) is 0 Å². The van der Waals surface area contributed by atoms with Gasteiger partial charge >= 0.3 is 20.3 Å². The maximum absolute atomic E-state index is 15.3. The third kappa shape index (κ3) is 3.90. The van der Waals surface area contributed by atoms with Gasteiger partial charge in [-0.25, -0.2) is 4.39 Å². The number of alkyl halides is 1. The molecule has 0 radical (unpaired) electrons. The Morgan fingerprint density at radius 1 is 0.750 bits per heavy atom. The van der Waals surface area contributed by atoms with Gasteiger partial charge in [0.1, 0.15) is 0 Å². The van der Waals surface area contributed by atoms with Crippen molar-refractivity contribution in [3.63, 3.8) is 0 Å². The van der Waals surface area contributed by atoms with E-state index in [0.717, 1.165) is 0 Å². The first-order chi connectivity index (χ1) is 9.30. The molecule has 0 amide bonds. The van der Waals surface area contributed by atoms with Crippen molar-refractivity contribution in [2.75, 3.05) is 26.4 Å². The highest BCUT2D eigenvalue weighted by Crippen LogP contribution is 2.79. The lowest BCUT2D eigenvalue weighted by Gasteiger charge is -2.35. The lowest BCUT2D eigenvalue weighted by molar-refractivity contribution is 0.133. The SMILES string of the molecule is CCOP(=O)(OCC)C(F)(CC)P(=O)(OCC)OCC. The minimum atomic E-state index is -4.30. The van der Waals surface area contributed by atoms with E-state index in [-0.39, 0.29) is 32.8 Å². The van der Waals surface area contributed by atoms with Crippen molar-refractivity contribution in [2.45, 2.75) is 46.2 Å². The van der Waals surface area contributed by atoms with Gasteiger partial charge in [0, 0.05) is 6.42 Å². The fraction of sp³-hybridized carbons (Fsp3) is 1.00. The fourth-order valence-corrected chi connectivity index (χ4v) is 6.65. The van der Waals surface area contributed by atoms with Crippen LogP contribution in [0.15, 0.2) is 0 Å². The minimum absolute atomic E-state index is 0.0405. The maximum Gasteiger partial charge on any atom is 0.380 e. The summed E-state index contributed by atoms with van der Waals surface area (Å²) in [7, 11) is -8.60. The molecule has 0 saturated heterocycles. The standard InChI is InChI=1S/C11H25FO6P2/c1-6-11(12,19(13,15-7-2)16-8-3)20(14,17-9-4)18-10-5/h6-10H2,1-5H3. The lowest BCUT2D eigenvalue weighted by Crippen LogP contribution is -2.28. The van der Waals surface area contributed by atoms with Crippen LogP contribution in [-0.4, -0.2) is 31.6 Å². The number of hydrogen-bond acceptors (Lipinski definition) is 6. The summed E-state index contributed by atoms with van der Waals surface area (Å²) >= 11 is 0. The summed E-state index contributed by atoms with van der Waals surface area (Å²) in [5, 5.41) is -2.82. The Morgan fingerprint density at radius 3 is 1.15 bits per heavy atom. The van der Waals surface area contributed by atoms with Gasteiger partial charge in [-0.1, -0.05) is 6.92 Å². The number of hydrogen-bond donors (Lipinski definition) is 0. The van der Waals surface area contributed by atoms with Gasteiger partial charge in [-0.05, 0) is 27.7 Å². The Kier molecular flexibility index (Phi) is 8.72. The van der Waals surface area contributed by atoms with Gasteiger partial charge in [0.05, 0.1) is 26.4 Å². The summed E-state index contributed by atoms with van der Waals surface area (Å²) < 4.78 is 60.7. The topological polar surface area (TPSA) is 71.1 Å². The molecular formula is C11H25FO6P2. The average Bonchev–Trinajstić information content (AvgIpc) is 2.38. The van der Waals surface area contributed by atoms with Gasteiger partial charge in [0.15, 0.2) is 0 Å². The van der Waals surface area contributed by atoms with E-state index in [9.17, 15) is 9.13 Å². The normalized spacial score (nSPS) is 13.7. The van der Waals surface area contributed by atoms with E-state index in [1.165, 1.54) is 6.92 Å². The predicted octanol–water partition coefficient (Wildman–Crippen LogP) is 4.55. The second-order valence-electron chi connectivity index (χ2n) is 3.74. The molecule has 122 valence electrons. The summed E-state index contributed by atoms with van der Waals surface area (Å²) in [6, 6.07) is 0. The van der Waals surface area contributed by atoms with Crippen LogP contribution in [0.1, 0.15) is 41.0 Å². The smallest absolute Gasteiger partial charge is 0.306 e. The molecule has 6 nitrogen and oxygen atoms in total. The van der Waals surface area contributed by atoms with E-state index in [2.05, 4.69) is 0 Å². The van der Waals surface area contributed by atoms with Gasteiger partial charge in [-0.15, -0.1) is 0 Å². The van der Waals surface area contributed by atoms with E-state index < -0.39 is 20.3 Å². The molecule has 0 fully saturated rings. The maximum atomic E-state index is 15.3. The van der Waals surface area contributed by atoms with Crippen LogP contribution >= 0.6 is 15.2 Å². The van der Waals surface area contributed by atoms with Crippen molar-refractivity contribution < 1.29 is 31.6 Å². The van der Waals surface area contributed by atoms with Gasteiger partial charge in [0.2, 0.25) is 0 Å². The first-order valence-electron chi connectivity index (χ1n) is 6.78. The molecule has 0 aliphatic carbocycles. The van der Waals surface area contributed by atoms with Gasteiger partial charge in [0.25, 0.3) is 0 Å². The van der Waals surface area contributed by atoms with Crippen LogP contribution in [0, 0.1) is 0 Å². The highest BCUT2D eigenvalue weighted by molar-refractivity contribution is 7.73. The van der Waals surface area contributed by atoms with Crippen LogP contribution in [0.3, 0.4) is 0 Å². The molecular weight excluding hydrogens is 309 g/mol. The highest BCUT2D eigenvalue weighted by atomic mass is 31.2. The molecule has 0 atom stereocenters. The minimum Gasteiger partial charge on any atom is -0.306 e. The van der Waals surface area contributed by atoms with Crippen LogP contribution < -0.4 is 0 Å². The highest BCUT2D eigenvalue weighted by Gasteiger charge is 2.65. The summed E-state index contributed by atoms with van der Waals surface area (Å²) in [6.07, 6.45) is -0.373. The molecule has 0 unspecified atom stereocenters. The van der Waals surface area contributed by atoms with Crippen LogP contribution in [0.4, 0.5) is 4.39 Å². The molecule has 0 aliphatic rings. The molecule has 9 heteroatoms. The number of rotatable bonds is 11. The molecule has 0 spiro atoms. The van der Waals surface area contributed by atoms with E-state index in [1.54, 1.807) is 27.7 Å². The van der Waals surface area contributed by atoms with Crippen molar-refractivity contribution in [2.24, 2.45) is 0 Å². The molecule has 0 rings (SSSR count). The van der Waals surface area contributed by atoms with Gasteiger partial charge in [-0.2, -0.15) is 0 Å². The van der Waals surface area contributed by atoms with Crippen molar-refractivity contribution in [3.05, 3.63) is 0 Å². The molecule has 0 aromatic heterocycles. The van der Waals surface area contributed by atoms with Crippen molar-refractivity contribution >= 4 is 15.2 Å². The summed E-state index contributed by atoms with van der Waals surface area (Å²) in [5.41, 5.74) is 0. The molecule has 0 N–H and O–H groups in total. The van der Waals surface area contributed by atoms with Crippen LogP contribution in [0.25, 0.3) is 0 Å². The zero-order chi connectivity index (χ0) is 15.9. The zero-order valence-corrected chi connectivity index (χ0v) is 14.5. The average molecular weight is 334 g/mol. The summed E-state index contributed by atoms with van der Waals surface area (Å²) in [5.74, 6) is 0. The van der Waals surface area contributed by atoms with Gasteiger partial charge < -0.3 is 18.1 Å². The lowest BCUT2D eigenvalue weighted by atomic mass is 10.5. The third-order valence-electron chi connectivity index (χ3n) is 2.49. The molecule has 0 bridgehead atoms. The predicted molar refractivity (Wildman–Crippen MR) is 75.8 cm³/mol. The Morgan fingerprint density at radius 2 is 1.00 bits per heavy atom. The molecule has 20 heavy (non-hydrogen) atoms. The van der Waals surface area contributed by atoms with Crippen molar-refractivity contribution in [1.29, 1.82) is 0 Å². The molecule has 0 aromatic rings. The monoisotopic (exact) mass is 334 g/mol. The second-order valence-corrected chi connectivity index (χ2v) is 8.53. The fourth-order valence-electron chi connectivity index (χ4n) is 1.69. The van der Waals surface area contributed by atoms with E-state index in [1.807, 2.05) is 0 Å². The Balaban J connectivity index is 5.83. The van der Waals surface area contributed by atoms with E-state index >= 15 is 4.39 Å². The summed E-state index contributed by atoms with van der Waals surface area (Å²) in [6.45, 7) is 7.43. The van der Waals surface area contributed by atoms with Crippen LogP contribution in [0.5, 0.6) is 0 Å². The Bertz CT molecular complexity index is 326. The van der Waals surface area contributed by atoms with Crippen LogP contribution in [0.2, 0.25) is 0 Å². The first kappa shape index (κ1) is 20.2. The molecule has 0 aliphatic heterocycles. The van der Waals surface area contributed by atoms with Gasteiger partial charge in [-0.3, -0.25) is 9.13 Å². The summed E-state index contributed by atoms with van der Waals surface area (Å²) in [4.78, 5) is 0. The Labute approximate surface area is 120 Å². The Hall–Kier alpha value is 0.230. The molecule has 0 heterocycles. The molecule has 0 saturated carbocycles. The third-order valence-corrected chi connectivity index (χ3v) is 8.66. The van der Waals surface area contributed by atoms with Crippen molar-refractivity contribution in [1.82, 2.24) is 0 Å². The largest absolute Gasteiger partial charge is 0.380 e. The molecule has 0 aromatic carbocycles. The number of halogens is 1. The van der Waals surface area contributed by atoms with Crippen molar-refractivity contribution in [3.8, 4) is 0 Å². The first-order valence-corrected chi connectivity index (χ1v) is 9.86. The zero-order valence-electron chi connectivity index (χ0n) is 12.8.